The maximum absolute atomic E-state index is 12.1. The van der Waals surface area contributed by atoms with Crippen molar-refractivity contribution >= 4 is 21.0 Å². The monoisotopic (exact) mass is 530 g/mol. The highest BCUT2D eigenvalue weighted by Gasteiger charge is 2.31. The molecule has 4 rings (SSSR count). The molecule has 0 bridgehead atoms. The molecule has 188 valence electrons. The molecule has 36 heavy (non-hydrogen) atoms. The first kappa shape index (κ1) is 27.5. The lowest BCUT2D eigenvalue weighted by molar-refractivity contribution is -0.137. The molecule has 8 heteroatoms. The number of aryl methyl sites for hydroxylation is 3. The summed E-state index contributed by atoms with van der Waals surface area (Å²) in [5.74, 6) is 0. The van der Waals surface area contributed by atoms with Gasteiger partial charge in [0, 0.05) is 0 Å². The minimum absolute atomic E-state index is 0.0394. The van der Waals surface area contributed by atoms with Crippen LogP contribution in [0.15, 0.2) is 117 Å². The molecule has 0 N–H and O–H groups in total. The van der Waals surface area contributed by atoms with E-state index in [2.05, 4.69) is 93.6 Å². The second-order valence-corrected chi connectivity index (χ2v) is 11.6. The predicted molar refractivity (Wildman–Crippen MR) is 135 cm³/mol. The van der Waals surface area contributed by atoms with E-state index in [0.717, 1.165) is 12.1 Å². The molecule has 0 aromatic heterocycles. The van der Waals surface area contributed by atoms with Crippen LogP contribution in [0.1, 0.15) is 22.3 Å². The summed E-state index contributed by atoms with van der Waals surface area (Å²) >= 11 is 0. The summed E-state index contributed by atoms with van der Waals surface area (Å²) in [6.45, 7) is 6.42. The number of hydrogen-bond donors (Lipinski definition) is 0. The molecule has 0 saturated carbocycles. The summed E-state index contributed by atoms with van der Waals surface area (Å²) < 4.78 is 67.3. The fourth-order valence-corrected chi connectivity index (χ4v) is 5.82. The van der Waals surface area contributed by atoms with Crippen LogP contribution in [0.25, 0.3) is 0 Å². The van der Waals surface area contributed by atoms with Crippen molar-refractivity contribution in [2.75, 3.05) is 0 Å². The third-order valence-corrected chi connectivity index (χ3v) is 8.28. The summed E-state index contributed by atoms with van der Waals surface area (Å²) in [4.78, 5) is 3.24. The molecular formula is C28H25F3O3S2. The van der Waals surface area contributed by atoms with Gasteiger partial charge in [0.25, 0.3) is 0 Å². The Labute approximate surface area is 212 Å². The molecular weight excluding hydrogens is 505 g/mol. The maximum atomic E-state index is 12.1. The Morgan fingerprint density at radius 3 is 1.31 bits per heavy atom. The summed E-state index contributed by atoms with van der Waals surface area (Å²) in [5.41, 5.74) is 2.76. The van der Waals surface area contributed by atoms with Crippen LogP contribution in [0, 0.1) is 20.8 Å². The highest BCUT2D eigenvalue weighted by atomic mass is 32.2. The summed E-state index contributed by atoms with van der Waals surface area (Å²) in [5, 5.41) is 0. The molecule has 0 radical (unpaired) electrons. The average molecular weight is 531 g/mol. The van der Waals surface area contributed by atoms with Crippen LogP contribution in [0.5, 0.6) is 0 Å². The Balaban J connectivity index is 0.000000223. The molecule has 3 nitrogen and oxygen atoms in total. The predicted octanol–water partition coefficient (Wildman–Crippen LogP) is 7.32. The van der Waals surface area contributed by atoms with Gasteiger partial charge in [-0.05, 0) is 75.4 Å². The van der Waals surface area contributed by atoms with Gasteiger partial charge in [-0.15, -0.1) is 0 Å². The van der Waals surface area contributed by atoms with Crippen molar-refractivity contribution in [3.8, 4) is 0 Å². The van der Waals surface area contributed by atoms with Crippen molar-refractivity contribution in [3.63, 3.8) is 0 Å². The zero-order valence-corrected chi connectivity index (χ0v) is 21.5. The van der Waals surface area contributed by atoms with Crippen molar-refractivity contribution in [2.45, 2.75) is 46.5 Å². The Kier molecular flexibility index (Phi) is 8.66. The van der Waals surface area contributed by atoms with E-state index in [-0.39, 0.29) is 10.9 Å². The van der Waals surface area contributed by atoms with Gasteiger partial charge in [0.05, 0.1) is 21.4 Å². The summed E-state index contributed by atoms with van der Waals surface area (Å²) in [7, 11) is -4.88. The van der Waals surface area contributed by atoms with Crippen LogP contribution in [-0.4, -0.2) is 13.0 Å². The van der Waals surface area contributed by atoms with Crippen molar-refractivity contribution < 1.29 is 26.1 Å². The molecule has 0 amide bonds. The van der Waals surface area contributed by atoms with Gasteiger partial charge in [0.2, 0.25) is 0 Å². The smallest absolute Gasteiger partial charge is 0.416 e. The normalized spacial score (nSPS) is 11.7. The lowest BCUT2D eigenvalue weighted by Gasteiger charge is -2.10. The van der Waals surface area contributed by atoms with Crippen molar-refractivity contribution in [3.05, 3.63) is 119 Å². The highest BCUT2D eigenvalue weighted by Crippen LogP contribution is 2.32. The number of alkyl halides is 3. The van der Waals surface area contributed by atoms with Crippen LogP contribution < -0.4 is 0 Å². The van der Waals surface area contributed by atoms with Gasteiger partial charge in [-0.3, -0.25) is 0 Å². The lowest BCUT2D eigenvalue weighted by atomic mass is 10.2. The quantitative estimate of drug-likeness (QED) is 0.205. The first-order chi connectivity index (χ1) is 16.8. The van der Waals surface area contributed by atoms with Crippen LogP contribution >= 0.6 is 0 Å². The van der Waals surface area contributed by atoms with Crippen LogP contribution in [0.2, 0.25) is 0 Å². The van der Waals surface area contributed by atoms with Gasteiger partial charge in [-0.2, -0.15) is 13.2 Å². The number of hydrogen-bond acceptors (Lipinski definition) is 3. The fourth-order valence-electron chi connectivity index (χ4n) is 3.26. The minimum Gasteiger partial charge on any atom is -0.744 e. The van der Waals surface area contributed by atoms with Crippen LogP contribution in [-0.2, 0) is 27.2 Å². The minimum atomic E-state index is -4.84. The molecule has 0 spiro atoms. The van der Waals surface area contributed by atoms with Crippen molar-refractivity contribution in [1.29, 1.82) is 0 Å². The first-order valence-electron chi connectivity index (χ1n) is 10.9. The molecule has 0 aliphatic rings. The van der Waals surface area contributed by atoms with E-state index in [1.807, 2.05) is 0 Å². The standard InChI is InChI=1S/C21H21S.C7H5F3O3S/c1-16-4-10-19(11-5-16)22(20-12-6-17(2)7-13-20)21-14-8-18(3)9-15-21;8-7(9,10)5-2-1-3-6(4-5)14(11,12)13/h4-15H,1-3H3;1-4H,(H,11,12,13)/q+1;/p-1. The molecule has 0 unspecified atom stereocenters. The number of benzene rings is 4. The molecule has 0 saturated heterocycles. The Hall–Kier alpha value is -3.07. The topological polar surface area (TPSA) is 57.2 Å². The largest absolute Gasteiger partial charge is 0.744 e. The van der Waals surface area contributed by atoms with Gasteiger partial charge < -0.3 is 4.55 Å². The first-order valence-corrected chi connectivity index (χ1v) is 13.6. The third kappa shape index (κ3) is 7.46. The number of rotatable bonds is 4. The third-order valence-electron chi connectivity index (χ3n) is 5.22. The van der Waals surface area contributed by atoms with E-state index in [1.165, 1.54) is 31.4 Å². The maximum Gasteiger partial charge on any atom is 0.416 e. The zero-order chi connectivity index (χ0) is 26.5. The lowest BCUT2D eigenvalue weighted by Crippen LogP contribution is -2.07. The molecule has 4 aromatic rings. The fraction of sp³-hybridized carbons (Fsp3) is 0.143. The van der Waals surface area contributed by atoms with Crippen molar-refractivity contribution in [1.82, 2.24) is 0 Å². The molecule has 4 aromatic carbocycles. The SMILES string of the molecule is Cc1ccc([S+](c2ccc(C)cc2)c2ccc(C)cc2)cc1.O=S(=O)([O-])c1cccc(C(F)(F)F)c1. The molecule has 0 atom stereocenters. The highest BCUT2D eigenvalue weighted by molar-refractivity contribution is 7.97. The van der Waals surface area contributed by atoms with Crippen LogP contribution in [0.4, 0.5) is 13.2 Å². The molecule has 0 heterocycles. The zero-order valence-electron chi connectivity index (χ0n) is 19.9. The summed E-state index contributed by atoms with van der Waals surface area (Å²) in [6.07, 6.45) is -4.65. The van der Waals surface area contributed by atoms with Crippen molar-refractivity contribution in [2.24, 2.45) is 0 Å². The van der Waals surface area contributed by atoms with Gasteiger partial charge in [-0.1, -0.05) is 59.2 Å². The van der Waals surface area contributed by atoms with E-state index in [0.29, 0.717) is 12.1 Å². The van der Waals surface area contributed by atoms with E-state index < -0.39 is 26.8 Å². The van der Waals surface area contributed by atoms with Crippen LogP contribution in [0.3, 0.4) is 0 Å². The Morgan fingerprint density at radius 2 is 1.00 bits per heavy atom. The Bertz CT molecular complexity index is 1290. The van der Waals surface area contributed by atoms with Gasteiger partial charge in [-0.25, -0.2) is 8.42 Å². The molecule has 0 aliphatic carbocycles. The second kappa shape index (κ2) is 11.3. The van der Waals surface area contributed by atoms with E-state index in [9.17, 15) is 26.1 Å². The van der Waals surface area contributed by atoms with E-state index >= 15 is 0 Å². The second-order valence-electron chi connectivity index (χ2n) is 8.23. The average Bonchev–Trinajstić information content (AvgIpc) is 2.82. The number of halogens is 3. The molecule has 0 fully saturated rings. The van der Waals surface area contributed by atoms with E-state index in [1.54, 1.807) is 0 Å². The van der Waals surface area contributed by atoms with Gasteiger partial charge in [0.15, 0.2) is 14.7 Å². The summed E-state index contributed by atoms with van der Waals surface area (Å²) in [6, 6.07) is 29.5. The Morgan fingerprint density at radius 1 is 0.639 bits per heavy atom. The van der Waals surface area contributed by atoms with Gasteiger partial charge >= 0.3 is 6.18 Å². The van der Waals surface area contributed by atoms with Gasteiger partial charge in [0.1, 0.15) is 10.1 Å². The molecule has 0 aliphatic heterocycles. The van der Waals surface area contributed by atoms with E-state index in [4.69, 9.17) is 0 Å².